The van der Waals surface area contributed by atoms with Crippen LogP contribution in [0.2, 0.25) is 0 Å². The van der Waals surface area contributed by atoms with Gasteiger partial charge in [-0.2, -0.15) is 0 Å². The van der Waals surface area contributed by atoms with Crippen LogP contribution in [-0.4, -0.2) is 57.7 Å². The molecule has 1 N–H and O–H groups in total. The zero-order chi connectivity index (χ0) is 17.6. The van der Waals surface area contributed by atoms with Gasteiger partial charge in [0.1, 0.15) is 12.4 Å². The number of nitrogens with one attached hydrogen (secondary N) is 1. The van der Waals surface area contributed by atoms with Gasteiger partial charge in [-0.3, -0.25) is 4.79 Å². The van der Waals surface area contributed by atoms with E-state index in [-0.39, 0.29) is 5.78 Å². The number of rotatable bonds is 6. The van der Waals surface area contributed by atoms with Gasteiger partial charge in [-0.15, -0.1) is 0 Å². The smallest absolute Gasteiger partial charge is 0.217 e. The summed E-state index contributed by atoms with van der Waals surface area (Å²) in [7, 11) is 3.17. The van der Waals surface area contributed by atoms with E-state index in [4.69, 9.17) is 9.47 Å². The highest BCUT2D eigenvalue weighted by Crippen LogP contribution is 2.27. The van der Waals surface area contributed by atoms with Crippen LogP contribution in [0.1, 0.15) is 10.4 Å². The van der Waals surface area contributed by atoms with Crippen LogP contribution in [0, 0.1) is 0 Å². The Morgan fingerprint density at radius 2 is 1.88 bits per heavy atom. The number of ketones is 1. The van der Waals surface area contributed by atoms with Crippen molar-refractivity contribution in [3.63, 3.8) is 0 Å². The number of carbonyl (C=O) groups is 1. The lowest BCUT2D eigenvalue weighted by molar-refractivity contribution is -0.892. The molecule has 6 heteroatoms. The molecule has 0 saturated carbocycles. The summed E-state index contributed by atoms with van der Waals surface area (Å²) in [5, 5.41) is 0. The maximum Gasteiger partial charge on any atom is 0.217 e. The molecule has 25 heavy (non-hydrogen) atoms. The van der Waals surface area contributed by atoms with Crippen molar-refractivity contribution in [1.82, 2.24) is 4.98 Å². The van der Waals surface area contributed by atoms with Crippen LogP contribution in [-0.2, 0) is 0 Å². The van der Waals surface area contributed by atoms with Crippen LogP contribution < -0.4 is 19.3 Å². The zero-order valence-corrected chi connectivity index (χ0v) is 14.7. The van der Waals surface area contributed by atoms with Gasteiger partial charge in [0.2, 0.25) is 5.78 Å². The van der Waals surface area contributed by atoms with Gasteiger partial charge in [-0.05, 0) is 30.3 Å². The van der Waals surface area contributed by atoms with E-state index < -0.39 is 0 Å². The van der Waals surface area contributed by atoms with Crippen molar-refractivity contribution in [3.8, 4) is 11.5 Å². The molecular formula is C19H24N3O3+. The molecule has 0 amide bonds. The Balaban J connectivity index is 1.58. The van der Waals surface area contributed by atoms with Crippen LogP contribution in [0.4, 0.5) is 5.82 Å². The SMILES string of the molecule is COc1ccc(C(=O)C[NH+]2CCN(c3ccccn3)CC2)cc1OC. The third kappa shape index (κ3) is 4.09. The first-order valence-corrected chi connectivity index (χ1v) is 8.46. The van der Waals surface area contributed by atoms with Gasteiger partial charge in [0.15, 0.2) is 11.5 Å². The van der Waals surface area contributed by atoms with E-state index in [0.717, 1.165) is 32.0 Å². The molecular weight excluding hydrogens is 318 g/mol. The number of quaternary nitrogens is 1. The molecule has 1 aromatic carbocycles. The number of piperazine rings is 1. The van der Waals surface area contributed by atoms with E-state index in [9.17, 15) is 4.79 Å². The maximum absolute atomic E-state index is 12.6. The number of methoxy groups -OCH3 is 2. The second-order valence-electron chi connectivity index (χ2n) is 6.09. The summed E-state index contributed by atoms with van der Waals surface area (Å²) >= 11 is 0. The van der Waals surface area contributed by atoms with Crippen molar-refractivity contribution in [1.29, 1.82) is 0 Å². The van der Waals surface area contributed by atoms with Crippen molar-refractivity contribution in [2.24, 2.45) is 0 Å². The Bertz CT molecular complexity index is 713. The molecule has 0 aliphatic carbocycles. The fourth-order valence-corrected chi connectivity index (χ4v) is 3.11. The quantitative estimate of drug-likeness (QED) is 0.783. The number of nitrogens with zero attached hydrogens (tertiary/aromatic N) is 2. The molecule has 0 radical (unpaired) electrons. The summed E-state index contributed by atoms with van der Waals surface area (Å²) in [6.07, 6.45) is 1.81. The maximum atomic E-state index is 12.6. The second-order valence-corrected chi connectivity index (χ2v) is 6.09. The van der Waals surface area contributed by atoms with E-state index in [2.05, 4.69) is 9.88 Å². The van der Waals surface area contributed by atoms with Crippen molar-refractivity contribution in [3.05, 3.63) is 48.2 Å². The minimum Gasteiger partial charge on any atom is -0.493 e. The largest absolute Gasteiger partial charge is 0.493 e. The highest BCUT2D eigenvalue weighted by atomic mass is 16.5. The van der Waals surface area contributed by atoms with E-state index in [0.29, 0.717) is 23.6 Å². The molecule has 1 aliphatic rings. The third-order valence-corrected chi connectivity index (χ3v) is 4.56. The standard InChI is InChI=1S/C19H23N3O3/c1-24-17-7-6-15(13-18(17)25-2)16(23)14-21-9-11-22(12-10-21)19-5-3-4-8-20-19/h3-8,13H,9-12,14H2,1-2H3/p+1. The molecule has 1 saturated heterocycles. The van der Waals surface area contributed by atoms with E-state index >= 15 is 0 Å². The summed E-state index contributed by atoms with van der Waals surface area (Å²) in [5.41, 5.74) is 0.664. The molecule has 0 unspecified atom stereocenters. The number of anilines is 1. The zero-order valence-electron chi connectivity index (χ0n) is 14.7. The number of Topliss-reactive ketones (excluding diaryl/α,β-unsaturated/α-hetero) is 1. The molecule has 6 nitrogen and oxygen atoms in total. The molecule has 132 valence electrons. The number of hydrogen-bond acceptors (Lipinski definition) is 5. The molecule has 1 aliphatic heterocycles. The Kier molecular flexibility index (Phi) is 5.50. The topological polar surface area (TPSA) is 56.1 Å². The molecule has 2 heterocycles. The minimum absolute atomic E-state index is 0.127. The van der Waals surface area contributed by atoms with Crippen molar-refractivity contribution >= 4 is 11.6 Å². The lowest BCUT2D eigenvalue weighted by atomic mass is 10.1. The first-order chi connectivity index (χ1) is 12.2. The minimum atomic E-state index is 0.127. The molecule has 2 aromatic rings. The van der Waals surface area contributed by atoms with Gasteiger partial charge in [-0.25, -0.2) is 4.98 Å². The van der Waals surface area contributed by atoms with Crippen LogP contribution in [0.25, 0.3) is 0 Å². The lowest BCUT2D eigenvalue weighted by Crippen LogP contribution is -3.15. The number of hydrogen-bond donors (Lipinski definition) is 1. The van der Waals surface area contributed by atoms with Gasteiger partial charge in [0.25, 0.3) is 0 Å². The van der Waals surface area contributed by atoms with Crippen LogP contribution in [0.3, 0.4) is 0 Å². The van der Waals surface area contributed by atoms with Crippen molar-refractivity contribution < 1.29 is 19.2 Å². The van der Waals surface area contributed by atoms with Gasteiger partial charge in [-0.1, -0.05) is 6.07 Å². The van der Waals surface area contributed by atoms with Crippen LogP contribution in [0.5, 0.6) is 11.5 Å². The predicted octanol–water partition coefficient (Wildman–Crippen LogP) is 0.687. The molecule has 0 bridgehead atoms. The van der Waals surface area contributed by atoms with Crippen molar-refractivity contribution in [2.45, 2.75) is 0 Å². The van der Waals surface area contributed by atoms with Crippen LogP contribution in [0.15, 0.2) is 42.6 Å². The number of aromatic nitrogens is 1. The molecule has 1 fully saturated rings. The number of ether oxygens (including phenoxy) is 2. The Hall–Kier alpha value is -2.60. The fourth-order valence-electron chi connectivity index (χ4n) is 3.11. The molecule has 0 atom stereocenters. The molecule has 1 aromatic heterocycles. The fraction of sp³-hybridized carbons (Fsp3) is 0.368. The lowest BCUT2D eigenvalue weighted by Gasteiger charge is -2.32. The van der Waals surface area contributed by atoms with Gasteiger partial charge >= 0.3 is 0 Å². The highest BCUT2D eigenvalue weighted by molar-refractivity contribution is 5.97. The number of pyridine rings is 1. The Morgan fingerprint density at radius 1 is 1.12 bits per heavy atom. The summed E-state index contributed by atoms with van der Waals surface area (Å²) < 4.78 is 10.5. The highest BCUT2D eigenvalue weighted by Gasteiger charge is 2.23. The average molecular weight is 342 g/mol. The second kappa shape index (κ2) is 7.98. The number of benzene rings is 1. The third-order valence-electron chi connectivity index (χ3n) is 4.56. The van der Waals surface area contributed by atoms with Gasteiger partial charge in [0, 0.05) is 11.8 Å². The summed E-state index contributed by atoms with van der Waals surface area (Å²) in [6, 6.07) is 11.3. The molecule has 3 rings (SSSR count). The summed E-state index contributed by atoms with van der Waals surface area (Å²) in [4.78, 5) is 20.6. The van der Waals surface area contributed by atoms with E-state index in [1.807, 2.05) is 24.4 Å². The number of carbonyl (C=O) groups excluding carboxylic acids is 1. The van der Waals surface area contributed by atoms with E-state index in [1.54, 1.807) is 32.4 Å². The first kappa shape index (κ1) is 17.2. The molecule has 0 spiro atoms. The predicted molar refractivity (Wildman–Crippen MR) is 95.9 cm³/mol. The average Bonchev–Trinajstić information content (AvgIpc) is 2.68. The Morgan fingerprint density at radius 3 is 2.52 bits per heavy atom. The van der Waals surface area contributed by atoms with Crippen LogP contribution >= 0.6 is 0 Å². The van der Waals surface area contributed by atoms with Crippen molar-refractivity contribution in [2.75, 3.05) is 51.8 Å². The first-order valence-electron chi connectivity index (χ1n) is 8.46. The monoisotopic (exact) mass is 342 g/mol. The Labute approximate surface area is 148 Å². The van der Waals surface area contributed by atoms with Gasteiger partial charge in [0.05, 0.1) is 40.4 Å². The van der Waals surface area contributed by atoms with Gasteiger partial charge < -0.3 is 19.3 Å². The van der Waals surface area contributed by atoms with E-state index in [1.165, 1.54) is 4.90 Å². The normalized spacial score (nSPS) is 15.0. The summed E-state index contributed by atoms with van der Waals surface area (Å²) in [5.74, 6) is 2.36. The summed E-state index contributed by atoms with van der Waals surface area (Å²) in [6.45, 7) is 4.16.